The van der Waals surface area contributed by atoms with Gasteiger partial charge in [-0.2, -0.15) is 0 Å². The third-order valence-corrected chi connectivity index (χ3v) is 4.49. The first-order valence-electron chi connectivity index (χ1n) is 6.98. The van der Waals surface area contributed by atoms with Gasteiger partial charge in [0, 0.05) is 3.57 Å². The number of nitrogens with zero attached hydrogens (tertiary/aromatic N) is 2. The summed E-state index contributed by atoms with van der Waals surface area (Å²) in [6.07, 6.45) is 0. The average Bonchev–Trinajstić information content (AvgIpc) is 2.53. The van der Waals surface area contributed by atoms with E-state index in [0.29, 0.717) is 26.8 Å². The molecule has 0 spiro atoms. The largest absolute Gasteiger partial charge is 0.497 e. The quantitative estimate of drug-likeness (QED) is 0.605. The zero-order valence-corrected chi connectivity index (χ0v) is 14.8. The van der Waals surface area contributed by atoms with Crippen LogP contribution in [0.2, 0.25) is 0 Å². The second-order valence-electron chi connectivity index (χ2n) is 5.18. The average molecular weight is 424 g/mol. The van der Waals surface area contributed by atoms with E-state index in [0.717, 1.165) is 11.3 Å². The summed E-state index contributed by atoms with van der Waals surface area (Å²) in [6, 6.07) is 10.1. The molecule has 4 nitrogen and oxygen atoms in total. The maximum atomic E-state index is 13.6. The molecule has 0 aliphatic carbocycles. The molecule has 0 N–H and O–H groups in total. The molecule has 0 atom stereocenters. The summed E-state index contributed by atoms with van der Waals surface area (Å²) in [6.45, 7) is 2.16. The SMILES string of the molecule is COc1ccc(Cn2c(C)nc3c(I)cc(F)cc3c2=O)cc1. The van der Waals surface area contributed by atoms with Gasteiger partial charge in [0.05, 0.1) is 24.6 Å². The van der Waals surface area contributed by atoms with Crippen molar-refractivity contribution >= 4 is 33.5 Å². The van der Waals surface area contributed by atoms with Crippen molar-refractivity contribution in [2.45, 2.75) is 13.5 Å². The molecule has 118 valence electrons. The van der Waals surface area contributed by atoms with Gasteiger partial charge in [0.2, 0.25) is 0 Å². The Morgan fingerprint density at radius 2 is 1.96 bits per heavy atom. The summed E-state index contributed by atoms with van der Waals surface area (Å²) >= 11 is 2.00. The molecule has 2 aromatic carbocycles. The summed E-state index contributed by atoms with van der Waals surface area (Å²) in [7, 11) is 1.60. The predicted molar refractivity (Wildman–Crippen MR) is 95.5 cm³/mol. The van der Waals surface area contributed by atoms with Crippen LogP contribution < -0.4 is 10.3 Å². The minimum absolute atomic E-state index is 0.235. The van der Waals surface area contributed by atoms with Crippen LogP contribution in [0.3, 0.4) is 0 Å². The van der Waals surface area contributed by atoms with Crippen molar-refractivity contribution in [3.8, 4) is 5.75 Å². The molecule has 0 aliphatic rings. The molecule has 23 heavy (non-hydrogen) atoms. The molecular weight excluding hydrogens is 410 g/mol. The van der Waals surface area contributed by atoms with Gasteiger partial charge < -0.3 is 4.74 Å². The summed E-state index contributed by atoms with van der Waals surface area (Å²) < 4.78 is 20.9. The highest BCUT2D eigenvalue weighted by molar-refractivity contribution is 14.1. The number of aryl methyl sites for hydroxylation is 1. The molecule has 1 heterocycles. The van der Waals surface area contributed by atoms with Crippen LogP contribution in [0.15, 0.2) is 41.2 Å². The van der Waals surface area contributed by atoms with Gasteiger partial charge in [-0.25, -0.2) is 9.37 Å². The molecule has 0 saturated carbocycles. The summed E-state index contributed by atoms with van der Waals surface area (Å²) in [5, 5.41) is 0.300. The van der Waals surface area contributed by atoms with E-state index in [-0.39, 0.29) is 5.56 Å². The number of methoxy groups -OCH3 is 1. The number of aromatic nitrogens is 2. The number of ether oxygens (including phenoxy) is 1. The molecular formula is C17H14FIN2O2. The lowest BCUT2D eigenvalue weighted by Gasteiger charge is -2.12. The van der Waals surface area contributed by atoms with Crippen molar-refractivity contribution in [2.75, 3.05) is 7.11 Å². The third-order valence-electron chi connectivity index (χ3n) is 3.67. The lowest BCUT2D eigenvalue weighted by Crippen LogP contribution is -2.25. The van der Waals surface area contributed by atoms with Gasteiger partial charge in [-0.3, -0.25) is 9.36 Å². The fraction of sp³-hybridized carbons (Fsp3) is 0.176. The third kappa shape index (κ3) is 3.08. The van der Waals surface area contributed by atoms with Crippen molar-refractivity contribution in [2.24, 2.45) is 0 Å². The van der Waals surface area contributed by atoms with Gasteiger partial charge in [-0.1, -0.05) is 12.1 Å². The van der Waals surface area contributed by atoms with E-state index in [1.54, 1.807) is 18.6 Å². The number of halogens is 2. The van der Waals surface area contributed by atoms with Crippen molar-refractivity contribution in [3.63, 3.8) is 0 Å². The van der Waals surface area contributed by atoms with Crippen LogP contribution in [0.25, 0.3) is 10.9 Å². The Hall–Kier alpha value is -1.96. The first kappa shape index (κ1) is 15.9. The van der Waals surface area contributed by atoms with E-state index < -0.39 is 5.82 Å². The van der Waals surface area contributed by atoms with E-state index >= 15 is 0 Å². The molecule has 3 rings (SSSR count). The van der Waals surface area contributed by atoms with Crippen molar-refractivity contribution in [1.29, 1.82) is 0 Å². The predicted octanol–water partition coefficient (Wildman–Crippen LogP) is 3.51. The molecule has 1 aromatic heterocycles. The monoisotopic (exact) mass is 424 g/mol. The van der Waals surface area contributed by atoms with Crippen LogP contribution in [-0.4, -0.2) is 16.7 Å². The minimum Gasteiger partial charge on any atom is -0.497 e. The maximum absolute atomic E-state index is 13.6. The highest BCUT2D eigenvalue weighted by atomic mass is 127. The molecule has 0 amide bonds. The van der Waals surface area contributed by atoms with Crippen LogP contribution in [-0.2, 0) is 6.54 Å². The normalized spacial score (nSPS) is 11.0. The van der Waals surface area contributed by atoms with Gasteiger partial charge in [-0.15, -0.1) is 0 Å². The second kappa shape index (κ2) is 6.27. The molecule has 0 fully saturated rings. The van der Waals surface area contributed by atoms with Crippen LogP contribution in [0.1, 0.15) is 11.4 Å². The van der Waals surface area contributed by atoms with E-state index in [4.69, 9.17) is 4.74 Å². The highest BCUT2D eigenvalue weighted by Crippen LogP contribution is 2.19. The van der Waals surface area contributed by atoms with Crippen LogP contribution in [0.5, 0.6) is 5.75 Å². The summed E-state index contributed by atoms with van der Waals surface area (Å²) in [5.74, 6) is 0.926. The molecule has 0 radical (unpaired) electrons. The zero-order valence-electron chi connectivity index (χ0n) is 12.6. The van der Waals surface area contributed by atoms with E-state index in [1.165, 1.54) is 12.1 Å². The fourth-order valence-electron chi connectivity index (χ4n) is 2.46. The lowest BCUT2D eigenvalue weighted by atomic mass is 10.2. The van der Waals surface area contributed by atoms with Gasteiger partial charge in [0.15, 0.2) is 0 Å². The number of fused-ring (bicyclic) bond motifs is 1. The van der Waals surface area contributed by atoms with Crippen LogP contribution in [0.4, 0.5) is 4.39 Å². The topological polar surface area (TPSA) is 44.1 Å². The van der Waals surface area contributed by atoms with E-state index in [1.807, 2.05) is 46.9 Å². The molecule has 3 aromatic rings. The Morgan fingerprint density at radius 1 is 1.26 bits per heavy atom. The lowest BCUT2D eigenvalue weighted by molar-refractivity contribution is 0.414. The van der Waals surface area contributed by atoms with Crippen molar-refractivity contribution < 1.29 is 9.13 Å². The van der Waals surface area contributed by atoms with Gasteiger partial charge >= 0.3 is 0 Å². The Bertz CT molecular complexity index is 936. The fourth-order valence-corrected chi connectivity index (χ4v) is 3.17. The van der Waals surface area contributed by atoms with Gasteiger partial charge in [-0.05, 0) is 59.3 Å². The Morgan fingerprint density at radius 3 is 2.61 bits per heavy atom. The van der Waals surface area contributed by atoms with E-state index in [9.17, 15) is 9.18 Å². The first-order valence-corrected chi connectivity index (χ1v) is 8.06. The standard InChI is InChI=1S/C17H14FIN2O2/c1-10-20-16-14(7-12(18)8-15(16)19)17(22)21(10)9-11-3-5-13(23-2)6-4-11/h3-8H,9H2,1-2H3. The highest BCUT2D eigenvalue weighted by Gasteiger charge is 2.12. The minimum atomic E-state index is -0.430. The molecule has 0 unspecified atom stereocenters. The summed E-state index contributed by atoms with van der Waals surface area (Å²) in [4.78, 5) is 17.2. The van der Waals surface area contributed by atoms with Crippen molar-refractivity contribution in [3.05, 3.63) is 67.5 Å². The zero-order chi connectivity index (χ0) is 16.6. The molecule has 0 bridgehead atoms. The van der Waals surface area contributed by atoms with Crippen LogP contribution in [0, 0.1) is 16.3 Å². The Kier molecular flexibility index (Phi) is 4.34. The van der Waals surface area contributed by atoms with E-state index in [2.05, 4.69) is 4.98 Å². The Balaban J connectivity index is 2.11. The summed E-state index contributed by atoms with van der Waals surface area (Å²) in [5.41, 5.74) is 1.25. The first-order chi connectivity index (χ1) is 11.0. The molecule has 6 heteroatoms. The van der Waals surface area contributed by atoms with Gasteiger partial charge in [0.25, 0.3) is 5.56 Å². The molecule has 0 aliphatic heterocycles. The number of rotatable bonds is 3. The second-order valence-corrected chi connectivity index (χ2v) is 6.34. The van der Waals surface area contributed by atoms with Gasteiger partial charge in [0.1, 0.15) is 17.4 Å². The number of hydrogen-bond donors (Lipinski definition) is 0. The number of hydrogen-bond acceptors (Lipinski definition) is 3. The van der Waals surface area contributed by atoms with Crippen molar-refractivity contribution in [1.82, 2.24) is 9.55 Å². The smallest absolute Gasteiger partial charge is 0.261 e. The number of benzene rings is 2. The van der Waals surface area contributed by atoms with Crippen LogP contribution >= 0.6 is 22.6 Å². The maximum Gasteiger partial charge on any atom is 0.261 e. The molecule has 0 saturated heterocycles. The Labute approximate surface area is 146 Å².